The first-order chi connectivity index (χ1) is 6.86. The Hall–Kier alpha value is -1.35. The molecule has 0 saturated heterocycles. The van der Waals surface area contributed by atoms with Crippen LogP contribution < -0.4 is 0 Å². The van der Waals surface area contributed by atoms with Crippen molar-refractivity contribution in [2.24, 2.45) is 0 Å². The van der Waals surface area contributed by atoms with Crippen molar-refractivity contribution in [1.29, 1.82) is 0 Å². The van der Waals surface area contributed by atoms with E-state index in [0.717, 1.165) is 10.5 Å². The summed E-state index contributed by atoms with van der Waals surface area (Å²) in [6.07, 6.45) is 3.57. The van der Waals surface area contributed by atoms with Crippen LogP contribution in [0.2, 0.25) is 0 Å². The van der Waals surface area contributed by atoms with Gasteiger partial charge in [-0.15, -0.1) is 0 Å². The average molecular weight is 205 g/mol. The van der Waals surface area contributed by atoms with Gasteiger partial charge in [0.25, 0.3) is 0 Å². The molecule has 2 rings (SSSR count). The SMILES string of the molecule is O=S(Cc1ccccc1)c1cc[nH]c1. The van der Waals surface area contributed by atoms with Crippen LogP contribution in [0.15, 0.2) is 53.7 Å². The van der Waals surface area contributed by atoms with Gasteiger partial charge >= 0.3 is 0 Å². The van der Waals surface area contributed by atoms with Crippen LogP contribution in [0.1, 0.15) is 5.56 Å². The van der Waals surface area contributed by atoms with Crippen molar-refractivity contribution in [2.75, 3.05) is 0 Å². The van der Waals surface area contributed by atoms with Crippen LogP contribution in [-0.4, -0.2) is 9.19 Å². The molecule has 1 N–H and O–H groups in total. The lowest BCUT2D eigenvalue weighted by Gasteiger charge is -1.99. The van der Waals surface area contributed by atoms with E-state index in [2.05, 4.69) is 4.98 Å². The second kappa shape index (κ2) is 4.24. The number of aromatic nitrogens is 1. The van der Waals surface area contributed by atoms with Gasteiger partial charge in [-0.05, 0) is 11.6 Å². The summed E-state index contributed by atoms with van der Waals surface area (Å²) in [5.41, 5.74) is 1.10. The largest absolute Gasteiger partial charge is 0.367 e. The zero-order valence-electron chi connectivity index (χ0n) is 7.64. The fraction of sp³-hybridized carbons (Fsp3) is 0.0909. The maximum Gasteiger partial charge on any atom is 0.0589 e. The van der Waals surface area contributed by atoms with E-state index in [1.165, 1.54) is 0 Å². The van der Waals surface area contributed by atoms with Crippen molar-refractivity contribution in [1.82, 2.24) is 4.98 Å². The van der Waals surface area contributed by atoms with E-state index in [-0.39, 0.29) is 0 Å². The lowest BCUT2D eigenvalue weighted by Crippen LogP contribution is -1.94. The summed E-state index contributed by atoms with van der Waals surface area (Å²) in [6, 6.07) is 11.7. The number of H-pyrrole nitrogens is 1. The van der Waals surface area contributed by atoms with E-state index < -0.39 is 10.8 Å². The molecule has 1 aromatic heterocycles. The first-order valence-electron chi connectivity index (χ1n) is 4.41. The molecule has 0 bridgehead atoms. The molecule has 2 nitrogen and oxygen atoms in total. The van der Waals surface area contributed by atoms with Gasteiger partial charge in [0.2, 0.25) is 0 Å². The van der Waals surface area contributed by atoms with Gasteiger partial charge in [0.1, 0.15) is 0 Å². The molecule has 1 atom stereocenters. The minimum Gasteiger partial charge on any atom is -0.367 e. The summed E-state index contributed by atoms with van der Waals surface area (Å²) < 4.78 is 11.8. The molecule has 2 aromatic rings. The van der Waals surface area contributed by atoms with E-state index in [9.17, 15) is 4.21 Å². The molecule has 1 unspecified atom stereocenters. The van der Waals surface area contributed by atoms with Crippen LogP contribution in [0.5, 0.6) is 0 Å². The van der Waals surface area contributed by atoms with Gasteiger partial charge in [0, 0.05) is 12.4 Å². The average Bonchev–Trinajstić information content (AvgIpc) is 2.72. The number of rotatable bonds is 3. The van der Waals surface area contributed by atoms with E-state index in [1.807, 2.05) is 36.4 Å². The molecule has 14 heavy (non-hydrogen) atoms. The summed E-state index contributed by atoms with van der Waals surface area (Å²) in [6.45, 7) is 0. The Labute approximate surface area is 85.4 Å². The predicted octanol–water partition coefficient (Wildman–Crippen LogP) is 2.32. The monoisotopic (exact) mass is 205 g/mol. The summed E-state index contributed by atoms with van der Waals surface area (Å²) in [4.78, 5) is 3.76. The highest BCUT2D eigenvalue weighted by atomic mass is 32.2. The lowest BCUT2D eigenvalue weighted by atomic mass is 10.2. The highest BCUT2D eigenvalue weighted by molar-refractivity contribution is 7.84. The van der Waals surface area contributed by atoms with E-state index in [4.69, 9.17) is 0 Å². The van der Waals surface area contributed by atoms with Crippen LogP contribution in [-0.2, 0) is 16.6 Å². The van der Waals surface area contributed by atoms with E-state index >= 15 is 0 Å². The molecule has 0 amide bonds. The van der Waals surface area contributed by atoms with Crippen LogP contribution in [0.3, 0.4) is 0 Å². The molecule has 0 aliphatic rings. The number of hydrogen-bond acceptors (Lipinski definition) is 1. The molecule has 3 heteroatoms. The third-order valence-corrected chi connectivity index (χ3v) is 3.35. The number of hydrogen-bond donors (Lipinski definition) is 1. The Bertz CT molecular complexity index is 408. The minimum absolute atomic E-state index is 0.582. The summed E-state index contributed by atoms with van der Waals surface area (Å²) in [7, 11) is -0.935. The minimum atomic E-state index is -0.935. The second-order valence-electron chi connectivity index (χ2n) is 3.02. The second-order valence-corrected chi connectivity index (χ2v) is 4.47. The fourth-order valence-electron chi connectivity index (χ4n) is 1.26. The van der Waals surface area contributed by atoms with Gasteiger partial charge in [0.05, 0.1) is 21.4 Å². The molecule has 1 aromatic carbocycles. The van der Waals surface area contributed by atoms with Crippen molar-refractivity contribution in [3.8, 4) is 0 Å². The molecular formula is C11H11NOS. The lowest BCUT2D eigenvalue weighted by molar-refractivity contribution is 0.683. The topological polar surface area (TPSA) is 32.9 Å². The molecule has 0 aliphatic carbocycles. The molecule has 0 aliphatic heterocycles. The van der Waals surface area contributed by atoms with Gasteiger partial charge in [-0.3, -0.25) is 4.21 Å². The fourth-order valence-corrected chi connectivity index (χ4v) is 2.34. The quantitative estimate of drug-likeness (QED) is 0.819. The number of aromatic amines is 1. The maximum atomic E-state index is 11.8. The number of nitrogens with one attached hydrogen (secondary N) is 1. The molecule has 0 radical (unpaired) electrons. The summed E-state index contributed by atoms with van der Waals surface area (Å²) >= 11 is 0. The third kappa shape index (κ3) is 2.12. The van der Waals surface area contributed by atoms with Gasteiger partial charge in [0.15, 0.2) is 0 Å². The van der Waals surface area contributed by atoms with Crippen molar-refractivity contribution in [3.05, 3.63) is 54.4 Å². The van der Waals surface area contributed by atoms with Gasteiger partial charge < -0.3 is 4.98 Å². The van der Waals surface area contributed by atoms with E-state index in [0.29, 0.717) is 5.75 Å². The summed E-state index contributed by atoms with van der Waals surface area (Å²) in [5, 5.41) is 0. The molecule has 1 heterocycles. The molecule has 0 saturated carbocycles. The molecule has 0 spiro atoms. The Morgan fingerprint density at radius 2 is 1.93 bits per heavy atom. The van der Waals surface area contributed by atoms with Gasteiger partial charge in [-0.1, -0.05) is 30.3 Å². The van der Waals surface area contributed by atoms with Crippen LogP contribution in [0, 0.1) is 0 Å². The number of benzene rings is 1. The standard InChI is InChI=1S/C11H11NOS/c13-14(11-6-7-12-8-11)9-10-4-2-1-3-5-10/h1-8,12H,9H2. The molecule has 72 valence electrons. The van der Waals surface area contributed by atoms with Crippen LogP contribution in [0.4, 0.5) is 0 Å². The molecule has 0 fully saturated rings. The zero-order chi connectivity index (χ0) is 9.80. The Morgan fingerprint density at radius 3 is 2.57 bits per heavy atom. The smallest absolute Gasteiger partial charge is 0.0589 e. The van der Waals surface area contributed by atoms with Crippen molar-refractivity contribution >= 4 is 10.8 Å². The van der Waals surface area contributed by atoms with Crippen LogP contribution in [0.25, 0.3) is 0 Å². The Balaban J connectivity index is 2.10. The maximum absolute atomic E-state index is 11.8. The van der Waals surface area contributed by atoms with Crippen molar-refractivity contribution in [3.63, 3.8) is 0 Å². The Morgan fingerprint density at radius 1 is 1.14 bits per heavy atom. The Kier molecular flexibility index (Phi) is 2.79. The molecular weight excluding hydrogens is 194 g/mol. The van der Waals surface area contributed by atoms with Crippen molar-refractivity contribution in [2.45, 2.75) is 10.6 Å². The first-order valence-corrected chi connectivity index (χ1v) is 5.73. The van der Waals surface area contributed by atoms with Crippen LogP contribution >= 0.6 is 0 Å². The van der Waals surface area contributed by atoms with E-state index in [1.54, 1.807) is 12.4 Å². The highest BCUT2D eigenvalue weighted by Crippen LogP contribution is 2.10. The zero-order valence-corrected chi connectivity index (χ0v) is 8.46. The highest BCUT2D eigenvalue weighted by Gasteiger charge is 2.04. The van der Waals surface area contributed by atoms with Crippen molar-refractivity contribution < 1.29 is 4.21 Å². The third-order valence-electron chi connectivity index (χ3n) is 1.97. The normalized spacial score (nSPS) is 12.6. The van der Waals surface area contributed by atoms with Gasteiger partial charge in [-0.25, -0.2) is 0 Å². The predicted molar refractivity (Wildman–Crippen MR) is 57.3 cm³/mol. The summed E-state index contributed by atoms with van der Waals surface area (Å²) in [5.74, 6) is 0.582. The first kappa shape index (κ1) is 9.21. The van der Waals surface area contributed by atoms with Gasteiger partial charge in [-0.2, -0.15) is 0 Å².